The zero-order chi connectivity index (χ0) is 10.1. The molecule has 0 spiro atoms. The topological polar surface area (TPSA) is 46.2 Å². The Bertz CT molecular complexity index is 309. The molecular formula is C10H18ClNOSi. The Hall–Kier alpha value is -0.673. The second-order valence-corrected chi connectivity index (χ2v) is 10.1. The van der Waals surface area contributed by atoms with Crippen molar-refractivity contribution in [1.29, 1.82) is 0 Å². The largest absolute Gasteiger partial charge is 0.508 e. The number of phenolic OH excluding ortho intramolecular Hbond substituents is 1. The molecule has 1 aromatic carbocycles. The van der Waals surface area contributed by atoms with Crippen LogP contribution in [-0.2, 0) is 6.04 Å². The highest BCUT2D eigenvalue weighted by Gasteiger charge is 2.15. The summed E-state index contributed by atoms with van der Waals surface area (Å²) in [5.74, 6) is 0.308. The number of halogens is 1. The molecule has 0 aliphatic heterocycles. The van der Waals surface area contributed by atoms with Gasteiger partial charge in [0.2, 0.25) is 0 Å². The molecule has 4 heteroatoms. The Morgan fingerprint density at radius 1 is 1.29 bits per heavy atom. The predicted octanol–water partition coefficient (Wildman–Crippen LogP) is 2.82. The van der Waals surface area contributed by atoms with Gasteiger partial charge in [0.15, 0.2) is 0 Å². The van der Waals surface area contributed by atoms with E-state index < -0.39 is 8.07 Å². The van der Waals surface area contributed by atoms with Crippen LogP contribution >= 0.6 is 12.4 Å². The van der Waals surface area contributed by atoms with Gasteiger partial charge in [-0.05, 0) is 29.8 Å². The fourth-order valence-electron chi connectivity index (χ4n) is 1.32. The summed E-state index contributed by atoms with van der Waals surface area (Å²) < 4.78 is 0. The number of nitrogen functional groups attached to an aromatic ring is 1. The third-order valence-electron chi connectivity index (χ3n) is 1.85. The summed E-state index contributed by atoms with van der Waals surface area (Å²) in [6.45, 7) is 6.86. The quantitative estimate of drug-likeness (QED) is 0.467. The van der Waals surface area contributed by atoms with E-state index in [1.165, 1.54) is 0 Å². The van der Waals surface area contributed by atoms with Crippen LogP contribution in [0.2, 0.25) is 19.6 Å². The minimum atomic E-state index is -1.14. The maximum atomic E-state index is 9.29. The highest BCUT2D eigenvalue weighted by atomic mass is 35.5. The summed E-state index contributed by atoms with van der Waals surface area (Å²) in [5, 5.41) is 9.29. The number of benzene rings is 1. The Morgan fingerprint density at radius 2 is 1.86 bits per heavy atom. The molecule has 0 amide bonds. The maximum absolute atomic E-state index is 9.29. The van der Waals surface area contributed by atoms with Crippen molar-refractivity contribution in [3.8, 4) is 5.75 Å². The number of hydrogen-bond acceptors (Lipinski definition) is 2. The van der Waals surface area contributed by atoms with E-state index >= 15 is 0 Å². The summed E-state index contributed by atoms with van der Waals surface area (Å²) in [7, 11) is -1.14. The van der Waals surface area contributed by atoms with Gasteiger partial charge >= 0.3 is 0 Å². The molecule has 1 aromatic rings. The molecule has 0 radical (unpaired) electrons. The molecule has 0 fully saturated rings. The van der Waals surface area contributed by atoms with Crippen molar-refractivity contribution in [2.45, 2.75) is 25.7 Å². The van der Waals surface area contributed by atoms with Crippen molar-refractivity contribution in [3.63, 3.8) is 0 Å². The van der Waals surface area contributed by atoms with E-state index in [-0.39, 0.29) is 12.4 Å². The summed E-state index contributed by atoms with van der Waals surface area (Å²) in [4.78, 5) is 0. The number of nitrogens with two attached hydrogens (primary N) is 1. The molecule has 0 saturated heterocycles. The number of phenols is 1. The molecule has 80 valence electrons. The van der Waals surface area contributed by atoms with Crippen LogP contribution in [0.1, 0.15) is 5.56 Å². The molecule has 2 nitrogen and oxygen atoms in total. The second kappa shape index (κ2) is 4.71. The van der Waals surface area contributed by atoms with Gasteiger partial charge in [0, 0.05) is 13.8 Å². The first-order valence-electron chi connectivity index (χ1n) is 4.46. The van der Waals surface area contributed by atoms with E-state index in [1.807, 2.05) is 0 Å². The van der Waals surface area contributed by atoms with E-state index in [0.29, 0.717) is 5.75 Å². The minimum absolute atomic E-state index is 0. The Balaban J connectivity index is 0.00000169. The summed E-state index contributed by atoms with van der Waals surface area (Å²) in [6, 6.07) is 6.19. The van der Waals surface area contributed by atoms with Crippen LogP contribution in [0, 0.1) is 0 Å². The molecule has 14 heavy (non-hydrogen) atoms. The van der Waals surface area contributed by atoms with Crippen molar-refractivity contribution in [3.05, 3.63) is 23.8 Å². The average molecular weight is 232 g/mol. The van der Waals surface area contributed by atoms with E-state index in [1.54, 1.807) is 18.2 Å². The zero-order valence-electron chi connectivity index (χ0n) is 8.87. The van der Waals surface area contributed by atoms with Gasteiger partial charge in [-0.1, -0.05) is 19.6 Å². The monoisotopic (exact) mass is 231 g/mol. The summed E-state index contributed by atoms with van der Waals surface area (Å²) in [6.07, 6.45) is 0. The van der Waals surface area contributed by atoms with Crippen molar-refractivity contribution in [1.82, 2.24) is 0 Å². The first kappa shape index (κ1) is 13.3. The van der Waals surface area contributed by atoms with Crippen molar-refractivity contribution in [2.75, 3.05) is 5.73 Å². The molecule has 0 aromatic heterocycles. The lowest BCUT2D eigenvalue weighted by Crippen LogP contribution is -2.24. The fraction of sp³-hybridized carbons (Fsp3) is 0.400. The van der Waals surface area contributed by atoms with Crippen LogP contribution in [-0.4, -0.2) is 13.2 Å². The lowest BCUT2D eigenvalue weighted by atomic mass is 10.2. The Kier molecular flexibility index (Phi) is 4.48. The van der Waals surface area contributed by atoms with Crippen LogP contribution in [0.15, 0.2) is 18.2 Å². The van der Waals surface area contributed by atoms with Gasteiger partial charge in [-0.3, -0.25) is 0 Å². The molecule has 0 aliphatic carbocycles. The lowest BCUT2D eigenvalue weighted by Gasteiger charge is -2.17. The molecule has 0 saturated carbocycles. The van der Waals surface area contributed by atoms with Gasteiger partial charge in [-0.25, -0.2) is 0 Å². The number of aromatic hydroxyl groups is 1. The maximum Gasteiger partial charge on any atom is 0.115 e. The van der Waals surface area contributed by atoms with Gasteiger partial charge < -0.3 is 10.8 Å². The van der Waals surface area contributed by atoms with Gasteiger partial charge in [0.05, 0.1) is 0 Å². The van der Waals surface area contributed by atoms with Gasteiger partial charge in [-0.15, -0.1) is 12.4 Å². The molecule has 3 N–H and O–H groups in total. The number of anilines is 1. The molecule has 0 heterocycles. The van der Waals surface area contributed by atoms with E-state index in [4.69, 9.17) is 5.73 Å². The smallest absolute Gasteiger partial charge is 0.115 e. The summed E-state index contributed by atoms with van der Waals surface area (Å²) >= 11 is 0. The SMILES string of the molecule is C[Si](C)(C)Cc1cc(O)ccc1N.Cl. The average Bonchev–Trinajstić information content (AvgIpc) is 1.94. The number of hydrogen-bond donors (Lipinski definition) is 2. The van der Waals surface area contributed by atoms with E-state index in [0.717, 1.165) is 17.3 Å². The number of rotatable bonds is 2. The first-order chi connectivity index (χ1) is 5.88. The molecule has 0 unspecified atom stereocenters. The standard InChI is InChI=1S/C10H17NOSi.ClH/c1-13(2,3)7-8-6-9(12)4-5-10(8)11;/h4-6,12H,7,11H2,1-3H3;1H. The lowest BCUT2D eigenvalue weighted by molar-refractivity contribution is 0.475. The highest BCUT2D eigenvalue weighted by molar-refractivity contribution is 6.75. The highest BCUT2D eigenvalue weighted by Crippen LogP contribution is 2.22. The Labute approximate surface area is 92.6 Å². The van der Waals surface area contributed by atoms with E-state index in [9.17, 15) is 5.11 Å². The Morgan fingerprint density at radius 3 is 2.36 bits per heavy atom. The first-order valence-corrected chi connectivity index (χ1v) is 8.16. The van der Waals surface area contributed by atoms with Crippen LogP contribution in [0.3, 0.4) is 0 Å². The van der Waals surface area contributed by atoms with Crippen LogP contribution < -0.4 is 5.73 Å². The molecular weight excluding hydrogens is 214 g/mol. The third kappa shape index (κ3) is 4.02. The second-order valence-electron chi connectivity index (χ2n) is 4.62. The third-order valence-corrected chi connectivity index (χ3v) is 3.29. The molecule has 0 bridgehead atoms. The van der Waals surface area contributed by atoms with Crippen molar-refractivity contribution in [2.24, 2.45) is 0 Å². The van der Waals surface area contributed by atoms with Crippen molar-refractivity contribution < 1.29 is 5.11 Å². The van der Waals surface area contributed by atoms with Crippen molar-refractivity contribution >= 4 is 26.2 Å². The van der Waals surface area contributed by atoms with Crippen LogP contribution in [0.25, 0.3) is 0 Å². The van der Waals surface area contributed by atoms with Gasteiger partial charge in [0.25, 0.3) is 0 Å². The van der Waals surface area contributed by atoms with Gasteiger partial charge in [0.1, 0.15) is 5.75 Å². The zero-order valence-corrected chi connectivity index (χ0v) is 10.7. The molecule has 0 atom stereocenters. The van der Waals surface area contributed by atoms with E-state index in [2.05, 4.69) is 19.6 Å². The van der Waals surface area contributed by atoms with Crippen LogP contribution in [0.4, 0.5) is 5.69 Å². The summed E-state index contributed by atoms with van der Waals surface area (Å²) in [5.41, 5.74) is 7.68. The van der Waals surface area contributed by atoms with Crippen LogP contribution in [0.5, 0.6) is 5.75 Å². The normalized spacial score (nSPS) is 10.8. The van der Waals surface area contributed by atoms with Gasteiger partial charge in [-0.2, -0.15) is 0 Å². The molecule has 0 aliphatic rings. The molecule has 1 rings (SSSR count). The predicted molar refractivity (Wildman–Crippen MR) is 66.8 cm³/mol. The fourth-order valence-corrected chi connectivity index (χ4v) is 2.77. The minimum Gasteiger partial charge on any atom is -0.508 e.